The van der Waals surface area contributed by atoms with Gasteiger partial charge in [-0.3, -0.25) is 4.79 Å². The molecule has 0 bridgehead atoms. The number of nitrogens with zero attached hydrogens (tertiary/aromatic N) is 1. The molecule has 2 aliphatic rings. The molecule has 2 fully saturated rings. The van der Waals surface area contributed by atoms with Crippen molar-refractivity contribution in [2.24, 2.45) is 0 Å². The van der Waals surface area contributed by atoms with Crippen molar-refractivity contribution in [3.63, 3.8) is 0 Å². The van der Waals surface area contributed by atoms with Gasteiger partial charge >= 0.3 is 5.97 Å². The van der Waals surface area contributed by atoms with E-state index in [-0.39, 0.29) is 22.4 Å². The summed E-state index contributed by atoms with van der Waals surface area (Å²) >= 11 is 0. The summed E-state index contributed by atoms with van der Waals surface area (Å²) in [6.45, 7) is 4.24. The topological polar surface area (TPSA) is 92.8 Å². The largest absolute Gasteiger partial charge is 0.449 e. The van der Waals surface area contributed by atoms with Gasteiger partial charge in [-0.15, -0.1) is 0 Å². The van der Waals surface area contributed by atoms with Gasteiger partial charge in [-0.2, -0.15) is 4.31 Å². The van der Waals surface area contributed by atoms with Gasteiger partial charge in [0.05, 0.1) is 10.5 Å². The molecule has 0 aromatic heterocycles. The molecule has 29 heavy (non-hydrogen) atoms. The van der Waals surface area contributed by atoms with Crippen LogP contribution >= 0.6 is 0 Å². The summed E-state index contributed by atoms with van der Waals surface area (Å²) in [6.07, 6.45) is 5.85. The summed E-state index contributed by atoms with van der Waals surface area (Å²) in [7, 11) is -3.65. The summed E-state index contributed by atoms with van der Waals surface area (Å²) < 4.78 is 32.6. The van der Waals surface area contributed by atoms with Crippen molar-refractivity contribution < 1.29 is 22.7 Å². The summed E-state index contributed by atoms with van der Waals surface area (Å²) in [5.41, 5.74) is 0.777. The quantitative estimate of drug-likeness (QED) is 0.712. The molecule has 160 valence electrons. The molecule has 3 rings (SSSR count). The molecule has 1 N–H and O–H groups in total. The minimum atomic E-state index is -3.65. The van der Waals surface area contributed by atoms with E-state index in [2.05, 4.69) is 5.32 Å². The number of hydrogen-bond donors (Lipinski definition) is 1. The molecule has 1 saturated heterocycles. The maximum absolute atomic E-state index is 12.9. The summed E-state index contributed by atoms with van der Waals surface area (Å²) in [6, 6.07) is 4.63. The van der Waals surface area contributed by atoms with Crippen LogP contribution < -0.4 is 5.32 Å². The molecule has 1 aliphatic carbocycles. The number of carbonyl (C=O) groups is 2. The van der Waals surface area contributed by atoms with Gasteiger partial charge in [0, 0.05) is 19.1 Å². The van der Waals surface area contributed by atoms with E-state index >= 15 is 0 Å². The number of sulfonamides is 1. The second-order valence-electron chi connectivity index (χ2n) is 7.98. The van der Waals surface area contributed by atoms with Gasteiger partial charge in [-0.05, 0) is 57.2 Å². The number of esters is 1. The van der Waals surface area contributed by atoms with Crippen molar-refractivity contribution >= 4 is 21.9 Å². The number of nitrogens with one attached hydrogen (secondary N) is 1. The van der Waals surface area contributed by atoms with E-state index in [9.17, 15) is 18.0 Å². The Labute approximate surface area is 172 Å². The van der Waals surface area contributed by atoms with Crippen LogP contribution in [0.2, 0.25) is 0 Å². The number of piperidine rings is 1. The average Bonchev–Trinajstić information content (AvgIpc) is 3.21. The van der Waals surface area contributed by atoms with E-state index in [4.69, 9.17) is 4.74 Å². The van der Waals surface area contributed by atoms with E-state index in [0.29, 0.717) is 18.7 Å². The Bertz CT molecular complexity index is 856. The van der Waals surface area contributed by atoms with Crippen LogP contribution in [0, 0.1) is 6.92 Å². The average molecular weight is 423 g/mol. The normalized spacial score (nSPS) is 19.7. The van der Waals surface area contributed by atoms with Crippen molar-refractivity contribution in [2.75, 3.05) is 13.1 Å². The number of ether oxygens (including phenoxy) is 1. The van der Waals surface area contributed by atoms with Crippen LogP contribution in [0.15, 0.2) is 23.1 Å². The van der Waals surface area contributed by atoms with Crippen LogP contribution in [0.3, 0.4) is 0 Å². The number of benzene rings is 1. The fourth-order valence-corrected chi connectivity index (χ4v) is 5.45. The lowest BCUT2D eigenvalue weighted by Crippen LogP contribution is -2.41. The fourth-order valence-electron chi connectivity index (χ4n) is 3.90. The van der Waals surface area contributed by atoms with Gasteiger partial charge in [-0.1, -0.05) is 25.3 Å². The van der Waals surface area contributed by atoms with E-state index < -0.39 is 22.1 Å². The monoisotopic (exact) mass is 422 g/mol. The van der Waals surface area contributed by atoms with Crippen LogP contribution in [0.4, 0.5) is 0 Å². The first-order valence-electron chi connectivity index (χ1n) is 10.4. The van der Waals surface area contributed by atoms with Crippen LogP contribution in [0.1, 0.15) is 67.8 Å². The number of hydrogen-bond acceptors (Lipinski definition) is 5. The molecule has 1 heterocycles. The van der Waals surface area contributed by atoms with Crippen LogP contribution in [-0.2, 0) is 19.6 Å². The van der Waals surface area contributed by atoms with E-state index in [1.165, 1.54) is 23.4 Å². The summed E-state index contributed by atoms with van der Waals surface area (Å²) in [5, 5.41) is 2.91. The third-order valence-electron chi connectivity index (χ3n) is 5.74. The molecule has 0 spiro atoms. The van der Waals surface area contributed by atoms with Gasteiger partial charge < -0.3 is 10.1 Å². The minimum absolute atomic E-state index is 0.0833. The Balaban J connectivity index is 1.71. The van der Waals surface area contributed by atoms with Crippen molar-refractivity contribution in [3.05, 3.63) is 29.3 Å². The lowest BCUT2D eigenvalue weighted by atomic mass is 10.1. The summed E-state index contributed by atoms with van der Waals surface area (Å²) in [4.78, 5) is 25.0. The van der Waals surface area contributed by atoms with E-state index in [0.717, 1.165) is 44.9 Å². The standard InChI is InChI=1S/C21H30N2O5S/c1-15-10-11-18(29(26,27)23-12-6-3-7-13-23)14-19(15)21(25)28-16(2)20(24)22-17-8-4-5-9-17/h10-11,14,16-17H,3-9,12-13H2,1-2H3,(H,22,24)/t16-/m0/s1. The lowest BCUT2D eigenvalue weighted by molar-refractivity contribution is -0.129. The molecule has 8 heteroatoms. The van der Waals surface area contributed by atoms with Gasteiger partial charge in [0.1, 0.15) is 0 Å². The Morgan fingerprint density at radius 1 is 1.10 bits per heavy atom. The molecular weight excluding hydrogens is 392 g/mol. The maximum Gasteiger partial charge on any atom is 0.339 e. The molecule has 7 nitrogen and oxygen atoms in total. The number of rotatable bonds is 6. The summed E-state index contributed by atoms with van der Waals surface area (Å²) in [5.74, 6) is -1.01. The first-order chi connectivity index (χ1) is 13.8. The lowest BCUT2D eigenvalue weighted by Gasteiger charge is -2.26. The number of amides is 1. The molecule has 0 radical (unpaired) electrons. The van der Waals surface area contributed by atoms with Crippen molar-refractivity contribution in [2.45, 2.75) is 75.8 Å². The molecule has 1 atom stereocenters. The molecule has 1 aromatic rings. The zero-order valence-corrected chi connectivity index (χ0v) is 18.0. The Kier molecular flexibility index (Phi) is 6.95. The van der Waals surface area contributed by atoms with E-state index in [1.54, 1.807) is 13.0 Å². The highest BCUT2D eigenvalue weighted by atomic mass is 32.2. The fraction of sp³-hybridized carbons (Fsp3) is 0.619. The zero-order chi connectivity index (χ0) is 21.0. The molecule has 0 unspecified atom stereocenters. The minimum Gasteiger partial charge on any atom is -0.449 e. The van der Waals surface area contributed by atoms with Crippen LogP contribution in [0.25, 0.3) is 0 Å². The van der Waals surface area contributed by atoms with Crippen LogP contribution in [-0.4, -0.2) is 49.8 Å². The molecule has 1 aliphatic heterocycles. The van der Waals surface area contributed by atoms with Gasteiger partial charge in [-0.25, -0.2) is 13.2 Å². The third kappa shape index (κ3) is 5.17. The van der Waals surface area contributed by atoms with Crippen molar-refractivity contribution in [1.82, 2.24) is 9.62 Å². The Morgan fingerprint density at radius 3 is 2.41 bits per heavy atom. The maximum atomic E-state index is 12.9. The molecule has 1 saturated carbocycles. The SMILES string of the molecule is Cc1ccc(S(=O)(=O)N2CCCCC2)cc1C(=O)O[C@@H](C)C(=O)NC1CCCC1. The van der Waals surface area contributed by atoms with E-state index in [1.807, 2.05) is 0 Å². The Hall–Kier alpha value is -1.93. The smallest absolute Gasteiger partial charge is 0.339 e. The molecule has 1 amide bonds. The third-order valence-corrected chi connectivity index (χ3v) is 7.63. The predicted octanol–water partition coefficient (Wildman–Crippen LogP) is 2.77. The van der Waals surface area contributed by atoms with Crippen molar-refractivity contribution in [3.8, 4) is 0 Å². The van der Waals surface area contributed by atoms with Crippen LogP contribution in [0.5, 0.6) is 0 Å². The molecule has 1 aromatic carbocycles. The number of carbonyl (C=O) groups excluding carboxylic acids is 2. The van der Waals surface area contributed by atoms with Gasteiger partial charge in [0.15, 0.2) is 6.10 Å². The Morgan fingerprint density at radius 2 is 1.76 bits per heavy atom. The second kappa shape index (κ2) is 9.26. The number of aryl methyl sites for hydroxylation is 1. The van der Waals surface area contributed by atoms with Gasteiger partial charge in [0.2, 0.25) is 10.0 Å². The second-order valence-corrected chi connectivity index (χ2v) is 9.92. The predicted molar refractivity (Wildman–Crippen MR) is 109 cm³/mol. The first-order valence-corrected chi connectivity index (χ1v) is 11.8. The zero-order valence-electron chi connectivity index (χ0n) is 17.1. The highest BCUT2D eigenvalue weighted by molar-refractivity contribution is 7.89. The van der Waals surface area contributed by atoms with Gasteiger partial charge in [0.25, 0.3) is 5.91 Å². The first kappa shape index (κ1) is 21.8. The van der Waals surface area contributed by atoms with Crippen molar-refractivity contribution in [1.29, 1.82) is 0 Å². The highest BCUT2D eigenvalue weighted by Gasteiger charge is 2.28. The molecular formula is C21H30N2O5S. The highest BCUT2D eigenvalue weighted by Crippen LogP contribution is 2.23.